The van der Waals surface area contributed by atoms with Crippen molar-refractivity contribution in [3.63, 3.8) is 0 Å². The van der Waals surface area contributed by atoms with E-state index < -0.39 is 17.7 Å². The van der Waals surface area contributed by atoms with Crippen LogP contribution >= 0.6 is 0 Å². The smallest absolute Gasteiger partial charge is 0.416 e. The number of benzene rings is 2. The number of aliphatic carboxylic acids is 1. The number of aromatic nitrogens is 1. The molecule has 0 saturated heterocycles. The molecule has 0 saturated carbocycles. The lowest BCUT2D eigenvalue weighted by molar-refractivity contribution is -0.138. The Morgan fingerprint density at radius 2 is 1.82 bits per heavy atom. The number of hydrogen-bond donors (Lipinski definition) is 1. The van der Waals surface area contributed by atoms with Gasteiger partial charge in [0.05, 0.1) is 17.0 Å². The molecule has 2 aromatic carbocycles. The minimum atomic E-state index is -4.38. The van der Waals surface area contributed by atoms with Crippen LogP contribution < -0.4 is 4.74 Å². The minimum Gasteiger partial charge on any atom is -0.484 e. The number of alkyl halides is 3. The zero-order valence-corrected chi connectivity index (χ0v) is 19.2. The molecule has 180 valence electrons. The van der Waals surface area contributed by atoms with Crippen LogP contribution in [0.5, 0.6) is 5.75 Å². The normalized spacial score (nSPS) is 12.4. The molecule has 1 aromatic heterocycles. The Balaban J connectivity index is 1.83. The lowest BCUT2D eigenvalue weighted by Crippen LogP contribution is -2.10. The van der Waals surface area contributed by atoms with E-state index in [-0.39, 0.29) is 12.5 Å². The summed E-state index contributed by atoms with van der Waals surface area (Å²) in [5, 5.41) is 8.92. The van der Waals surface area contributed by atoms with Gasteiger partial charge in [-0.25, -0.2) is 4.98 Å². The van der Waals surface area contributed by atoms with Crippen LogP contribution in [0.2, 0.25) is 0 Å². The molecular weight excluding hydrogens is 443 g/mol. The van der Waals surface area contributed by atoms with Crippen LogP contribution in [0.1, 0.15) is 61.1 Å². The number of ether oxygens (including phenoxy) is 1. The molecule has 1 N–H and O–H groups in total. The van der Waals surface area contributed by atoms with E-state index in [4.69, 9.17) is 14.8 Å². The average Bonchev–Trinajstić information content (AvgIpc) is 2.80. The number of carbonyl (C=O) groups is 1. The number of halogens is 3. The highest BCUT2D eigenvalue weighted by atomic mass is 19.4. The standard InChI is InChI=1S/C27H28F3NO3/c1-3-4-8-25(34-22-15-11-19(18(2)17-22)12-16-26(32)33)24-7-5-6-23(31-24)20-9-13-21(14-10-20)27(28,29)30/h5-7,9-11,13-15,17,25H,3-4,8,12,16H2,1-2H3,(H,32,33). The molecule has 0 radical (unpaired) electrons. The van der Waals surface area contributed by atoms with Crippen molar-refractivity contribution in [1.29, 1.82) is 0 Å². The number of aryl methyl sites for hydroxylation is 2. The van der Waals surface area contributed by atoms with Crippen molar-refractivity contribution in [2.45, 2.75) is 58.2 Å². The maximum absolute atomic E-state index is 12.9. The summed E-state index contributed by atoms with van der Waals surface area (Å²) in [4.78, 5) is 15.6. The van der Waals surface area contributed by atoms with Crippen molar-refractivity contribution in [2.75, 3.05) is 0 Å². The summed E-state index contributed by atoms with van der Waals surface area (Å²) < 4.78 is 45.0. The van der Waals surface area contributed by atoms with E-state index in [1.807, 2.05) is 37.3 Å². The second kappa shape index (κ2) is 11.2. The van der Waals surface area contributed by atoms with Gasteiger partial charge in [-0.05, 0) is 73.7 Å². The molecule has 0 aliphatic rings. The van der Waals surface area contributed by atoms with Gasteiger partial charge in [0.2, 0.25) is 0 Å². The van der Waals surface area contributed by atoms with E-state index in [1.165, 1.54) is 12.1 Å². The molecule has 4 nitrogen and oxygen atoms in total. The first-order valence-electron chi connectivity index (χ1n) is 11.3. The van der Waals surface area contributed by atoms with Crippen molar-refractivity contribution in [2.24, 2.45) is 0 Å². The van der Waals surface area contributed by atoms with Gasteiger partial charge >= 0.3 is 12.1 Å². The highest BCUT2D eigenvalue weighted by Gasteiger charge is 2.30. The summed E-state index contributed by atoms with van der Waals surface area (Å²) in [6.07, 6.45) is -1.54. The zero-order chi connectivity index (χ0) is 24.7. The van der Waals surface area contributed by atoms with E-state index in [0.29, 0.717) is 29.1 Å². The van der Waals surface area contributed by atoms with Crippen LogP contribution in [0.15, 0.2) is 60.7 Å². The third-order valence-corrected chi connectivity index (χ3v) is 5.63. The Bertz CT molecular complexity index is 1110. The maximum atomic E-state index is 12.9. The molecule has 1 atom stereocenters. The fourth-order valence-electron chi connectivity index (χ4n) is 3.71. The van der Waals surface area contributed by atoms with Gasteiger partial charge in [-0.1, -0.05) is 37.6 Å². The van der Waals surface area contributed by atoms with E-state index in [9.17, 15) is 18.0 Å². The minimum absolute atomic E-state index is 0.0703. The van der Waals surface area contributed by atoms with Gasteiger partial charge < -0.3 is 9.84 Å². The fraction of sp³-hybridized carbons (Fsp3) is 0.333. The van der Waals surface area contributed by atoms with Gasteiger partial charge in [0.1, 0.15) is 11.9 Å². The van der Waals surface area contributed by atoms with Crippen molar-refractivity contribution in [3.8, 4) is 17.0 Å². The fourth-order valence-corrected chi connectivity index (χ4v) is 3.71. The first-order valence-corrected chi connectivity index (χ1v) is 11.3. The lowest BCUT2D eigenvalue weighted by Gasteiger charge is -2.20. The van der Waals surface area contributed by atoms with Gasteiger partial charge in [-0.3, -0.25) is 4.79 Å². The van der Waals surface area contributed by atoms with E-state index in [1.54, 1.807) is 6.07 Å². The van der Waals surface area contributed by atoms with Gasteiger partial charge in [-0.2, -0.15) is 13.2 Å². The van der Waals surface area contributed by atoms with Crippen molar-refractivity contribution in [1.82, 2.24) is 4.98 Å². The number of carboxylic acid groups (broad SMARTS) is 1. The molecule has 0 aliphatic heterocycles. The summed E-state index contributed by atoms with van der Waals surface area (Å²) in [5.74, 6) is -0.169. The summed E-state index contributed by atoms with van der Waals surface area (Å²) in [7, 11) is 0. The first kappa shape index (κ1) is 25.3. The Kier molecular flexibility index (Phi) is 8.31. The van der Waals surface area contributed by atoms with Crippen LogP contribution in [0, 0.1) is 6.92 Å². The summed E-state index contributed by atoms with van der Waals surface area (Å²) in [6, 6.07) is 16.1. The lowest BCUT2D eigenvalue weighted by atomic mass is 10.0. The van der Waals surface area contributed by atoms with Gasteiger partial charge in [0.15, 0.2) is 0 Å². The molecule has 0 fully saturated rings. The summed E-state index contributed by atoms with van der Waals surface area (Å²) in [5.41, 5.74) is 3.11. The highest BCUT2D eigenvalue weighted by molar-refractivity contribution is 5.67. The molecular formula is C27H28F3NO3. The van der Waals surface area contributed by atoms with Gasteiger partial charge in [0, 0.05) is 12.0 Å². The summed E-state index contributed by atoms with van der Waals surface area (Å²) >= 11 is 0. The first-order chi connectivity index (χ1) is 16.2. The van der Waals surface area contributed by atoms with E-state index >= 15 is 0 Å². The molecule has 0 aliphatic carbocycles. The topological polar surface area (TPSA) is 59.4 Å². The summed E-state index contributed by atoms with van der Waals surface area (Å²) in [6.45, 7) is 4.01. The largest absolute Gasteiger partial charge is 0.484 e. The number of carboxylic acids is 1. The second-order valence-electron chi connectivity index (χ2n) is 8.25. The zero-order valence-electron chi connectivity index (χ0n) is 19.2. The van der Waals surface area contributed by atoms with Crippen LogP contribution in [-0.4, -0.2) is 16.1 Å². The molecule has 7 heteroatoms. The molecule has 34 heavy (non-hydrogen) atoms. The quantitative estimate of drug-likeness (QED) is 0.335. The molecule has 0 bridgehead atoms. The third kappa shape index (κ3) is 6.83. The molecule has 0 spiro atoms. The van der Waals surface area contributed by atoms with E-state index in [0.717, 1.165) is 42.5 Å². The van der Waals surface area contributed by atoms with Crippen molar-refractivity contribution < 1.29 is 27.8 Å². The number of rotatable bonds is 10. The average molecular weight is 472 g/mol. The van der Waals surface area contributed by atoms with Gasteiger partial charge in [0.25, 0.3) is 0 Å². The van der Waals surface area contributed by atoms with Crippen LogP contribution in [0.4, 0.5) is 13.2 Å². The van der Waals surface area contributed by atoms with Crippen LogP contribution in [0.3, 0.4) is 0 Å². The third-order valence-electron chi connectivity index (χ3n) is 5.63. The van der Waals surface area contributed by atoms with Crippen LogP contribution in [0.25, 0.3) is 11.3 Å². The number of unbranched alkanes of at least 4 members (excludes halogenated alkanes) is 1. The number of nitrogens with zero attached hydrogens (tertiary/aromatic N) is 1. The van der Waals surface area contributed by atoms with Crippen LogP contribution in [-0.2, 0) is 17.4 Å². The molecule has 1 unspecified atom stereocenters. The molecule has 0 amide bonds. The number of hydrogen-bond acceptors (Lipinski definition) is 3. The maximum Gasteiger partial charge on any atom is 0.416 e. The Labute approximate surface area is 197 Å². The molecule has 1 heterocycles. The SMILES string of the molecule is CCCCC(Oc1ccc(CCC(=O)O)c(C)c1)c1cccc(-c2ccc(C(F)(F)F)cc2)n1. The monoisotopic (exact) mass is 471 g/mol. The Hall–Kier alpha value is -3.35. The highest BCUT2D eigenvalue weighted by Crippen LogP contribution is 2.32. The van der Waals surface area contributed by atoms with E-state index in [2.05, 4.69) is 6.92 Å². The second-order valence-corrected chi connectivity index (χ2v) is 8.25. The van der Waals surface area contributed by atoms with Gasteiger partial charge in [-0.15, -0.1) is 0 Å². The molecule has 3 rings (SSSR count). The Morgan fingerprint density at radius 3 is 2.44 bits per heavy atom. The Morgan fingerprint density at radius 1 is 1.09 bits per heavy atom. The van der Waals surface area contributed by atoms with Crippen molar-refractivity contribution >= 4 is 5.97 Å². The molecule has 3 aromatic rings. The predicted octanol–water partition coefficient (Wildman–Crippen LogP) is 7.40. The predicted molar refractivity (Wildman–Crippen MR) is 125 cm³/mol. The van der Waals surface area contributed by atoms with Crippen molar-refractivity contribution in [3.05, 3.63) is 83.0 Å². The number of pyridine rings is 1.